The molecule has 0 aliphatic carbocycles. The van der Waals surface area contributed by atoms with Crippen LogP contribution in [0.15, 0.2) is 30.3 Å². The molecule has 0 amide bonds. The average molecular weight is 390 g/mol. The molecule has 0 radical (unpaired) electrons. The Morgan fingerprint density at radius 1 is 1.04 bits per heavy atom. The van der Waals surface area contributed by atoms with Crippen LogP contribution in [0.5, 0.6) is 11.5 Å². The maximum absolute atomic E-state index is 11.8. The Labute approximate surface area is 155 Å². The standard InChI is InChI=1S/C17H15Cl3O4/c1-3-23-17(21)11-7-14(20)16(15(8-11)22-2)24-9-10-4-5-12(18)13(19)6-10/h4-8H,3,9H2,1-2H3. The van der Waals surface area contributed by atoms with E-state index in [1.165, 1.54) is 19.2 Å². The fraction of sp³-hybridized carbons (Fsp3) is 0.235. The second-order valence-electron chi connectivity index (χ2n) is 4.75. The lowest BCUT2D eigenvalue weighted by Gasteiger charge is -2.14. The van der Waals surface area contributed by atoms with E-state index in [2.05, 4.69) is 0 Å². The maximum atomic E-state index is 11.8. The number of hydrogen-bond donors (Lipinski definition) is 0. The largest absolute Gasteiger partial charge is 0.493 e. The molecule has 0 N–H and O–H groups in total. The van der Waals surface area contributed by atoms with E-state index >= 15 is 0 Å². The first-order chi connectivity index (χ1) is 11.5. The zero-order valence-corrected chi connectivity index (χ0v) is 15.3. The second-order valence-corrected chi connectivity index (χ2v) is 5.97. The summed E-state index contributed by atoms with van der Waals surface area (Å²) in [6.07, 6.45) is 0. The SMILES string of the molecule is CCOC(=O)c1cc(Cl)c(OCc2ccc(Cl)c(Cl)c2)c(OC)c1. The van der Waals surface area contributed by atoms with Crippen molar-refractivity contribution in [2.24, 2.45) is 0 Å². The van der Waals surface area contributed by atoms with Gasteiger partial charge in [0.05, 0.1) is 34.3 Å². The van der Waals surface area contributed by atoms with Crippen LogP contribution in [0.1, 0.15) is 22.8 Å². The van der Waals surface area contributed by atoms with Crippen LogP contribution in [0.4, 0.5) is 0 Å². The molecular weight excluding hydrogens is 375 g/mol. The highest BCUT2D eigenvalue weighted by atomic mass is 35.5. The van der Waals surface area contributed by atoms with Crippen molar-refractivity contribution in [3.05, 3.63) is 56.5 Å². The molecule has 0 atom stereocenters. The molecule has 24 heavy (non-hydrogen) atoms. The Balaban J connectivity index is 2.23. The van der Waals surface area contributed by atoms with Gasteiger partial charge < -0.3 is 14.2 Å². The van der Waals surface area contributed by atoms with Crippen molar-refractivity contribution in [2.75, 3.05) is 13.7 Å². The third-order valence-electron chi connectivity index (χ3n) is 3.11. The number of carbonyl (C=O) groups is 1. The third-order valence-corrected chi connectivity index (χ3v) is 4.13. The van der Waals surface area contributed by atoms with E-state index in [0.29, 0.717) is 27.1 Å². The molecule has 128 valence electrons. The van der Waals surface area contributed by atoms with Crippen LogP contribution in [0, 0.1) is 0 Å². The summed E-state index contributed by atoms with van der Waals surface area (Å²) in [6.45, 7) is 2.21. The van der Waals surface area contributed by atoms with Crippen molar-refractivity contribution in [2.45, 2.75) is 13.5 Å². The number of rotatable bonds is 6. The normalized spacial score (nSPS) is 10.4. The van der Waals surface area contributed by atoms with Gasteiger partial charge in [0.2, 0.25) is 0 Å². The summed E-state index contributed by atoms with van der Waals surface area (Å²) in [5.41, 5.74) is 1.11. The molecule has 0 heterocycles. The molecule has 0 unspecified atom stereocenters. The summed E-state index contributed by atoms with van der Waals surface area (Å²) in [5, 5.41) is 1.15. The Morgan fingerprint density at radius 2 is 1.79 bits per heavy atom. The van der Waals surface area contributed by atoms with Gasteiger partial charge in [0.1, 0.15) is 6.61 Å². The molecule has 0 aromatic heterocycles. The molecule has 7 heteroatoms. The van der Waals surface area contributed by atoms with E-state index in [0.717, 1.165) is 5.56 Å². The third kappa shape index (κ3) is 4.47. The fourth-order valence-electron chi connectivity index (χ4n) is 1.98. The molecule has 0 aliphatic rings. The summed E-state index contributed by atoms with van der Waals surface area (Å²) in [5.74, 6) is 0.192. The van der Waals surface area contributed by atoms with Crippen molar-refractivity contribution >= 4 is 40.8 Å². The molecule has 0 fully saturated rings. The highest BCUT2D eigenvalue weighted by Crippen LogP contribution is 2.37. The number of ether oxygens (including phenoxy) is 3. The van der Waals surface area contributed by atoms with Crippen molar-refractivity contribution < 1.29 is 19.0 Å². The minimum absolute atomic E-state index is 0.214. The highest BCUT2D eigenvalue weighted by Gasteiger charge is 2.17. The first-order valence-corrected chi connectivity index (χ1v) is 8.21. The van der Waals surface area contributed by atoms with Crippen molar-refractivity contribution in [3.8, 4) is 11.5 Å². The zero-order valence-electron chi connectivity index (χ0n) is 13.1. The number of carbonyl (C=O) groups excluding carboxylic acids is 1. The topological polar surface area (TPSA) is 44.8 Å². The van der Waals surface area contributed by atoms with Crippen molar-refractivity contribution in [1.29, 1.82) is 0 Å². The minimum Gasteiger partial charge on any atom is -0.493 e. The monoisotopic (exact) mass is 388 g/mol. The minimum atomic E-state index is -0.478. The van der Waals surface area contributed by atoms with E-state index in [1.807, 2.05) is 0 Å². The van der Waals surface area contributed by atoms with E-state index < -0.39 is 5.97 Å². The van der Waals surface area contributed by atoms with Gasteiger partial charge in [0.25, 0.3) is 0 Å². The van der Waals surface area contributed by atoms with Crippen molar-refractivity contribution in [3.63, 3.8) is 0 Å². The first-order valence-electron chi connectivity index (χ1n) is 7.07. The lowest BCUT2D eigenvalue weighted by atomic mass is 10.2. The molecule has 0 saturated heterocycles. The fourth-order valence-corrected chi connectivity index (χ4v) is 2.56. The van der Waals surface area contributed by atoms with Gasteiger partial charge in [-0.05, 0) is 36.8 Å². The van der Waals surface area contributed by atoms with Gasteiger partial charge in [0, 0.05) is 0 Å². The Bertz CT molecular complexity index is 747. The van der Waals surface area contributed by atoms with Crippen LogP contribution in [0.25, 0.3) is 0 Å². The van der Waals surface area contributed by atoms with Gasteiger partial charge in [-0.15, -0.1) is 0 Å². The van der Waals surface area contributed by atoms with Crippen LogP contribution in [0.2, 0.25) is 15.1 Å². The molecule has 2 rings (SSSR count). The molecule has 0 saturated carbocycles. The van der Waals surface area contributed by atoms with Gasteiger partial charge in [-0.25, -0.2) is 4.79 Å². The van der Waals surface area contributed by atoms with E-state index in [4.69, 9.17) is 49.0 Å². The Hall–Kier alpha value is -1.62. The predicted octanol–water partition coefficient (Wildman–Crippen LogP) is 5.41. The van der Waals surface area contributed by atoms with Gasteiger partial charge in [-0.2, -0.15) is 0 Å². The summed E-state index contributed by atoms with van der Waals surface area (Å²) in [7, 11) is 1.46. The van der Waals surface area contributed by atoms with Gasteiger partial charge in [0.15, 0.2) is 11.5 Å². The summed E-state index contributed by atoms with van der Waals surface area (Å²) in [4.78, 5) is 11.8. The predicted molar refractivity (Wildman–Crippen MR) is 94.8 cm³/mol. The molecule has 2 aromatic carbocycles. The molecule has 0 aliphatic heterocycles. The van der Waals surface area contributed by atoms with Crippen LogP contribution in [-0.2, 0) is 11.3 Å². The number of methoxy groups -OCH3 is 1. The van der Waals surface area contributed by atoms with Gasteiger partial charge in [-0.3, -0.25) is 0 Å². The van der Waals surface area contributed by atoms with Crippen LogP contribution in [0.3, 0.4) is 0 Å². The number of benzene rings is 2. The smallest absolute Gasteiger partial charge is 0.338 e. The molecule has 4 nitrogen and oxygen atoms in total. The summed E-state index contributed by atoms with van der Waals surface area (Å²) in [6, 6.07) is 8.18. The van der Waals surface area contributed by atoms with Crippen LogP contribution < -0.4 is 9.47 Å². The zero-order chi connectivity index (χ0) is 17.7. The van der Waals surface area contributed by atoms with Gasteiger partial charge >= 0.3 is 5.97 Å². The average Bonchev–Trinajstić information content (AvgIpc) is 2.56. The first kappa shape index (κ1) is 18.7. The number of esters is 1. The van der Waals surface area contributed by atoms with E-state index in [1.54, 1.807) is 25.1 Å². The molecular formula is C17H15Cl3O4. The number of hydrogen-bond acceptors (Lipinski definition) is 4. The summed E-state index contributed by atoms with van der Waals surface area (Å²) < 4.78 is 15.9. The van der Waals surface area contributed by atoms with Crippen LogP contribution in [-0.4, -0.2) is 19.7 Å². The quantitative estimate of drug-likeness (QED) is 0.620. The highest BCUT2D eigenvalue weighted by molar-refractivity contribution is 6.42. The molecule has 0 bridgehead atoms. The van der Waals surface area contributed by atoms with Crippen LogP contribution >= 0.6 is 34.8 Å². The Kier molecular flexibility index (Phi) is 6.60. The summed E-state index contributed by atoms with van der Waals surface area (Å²) >= 11 is 18.1. The molecule has 2 aromatic rings. The van der Waals surface area contributed by atoms with Gasteiger partial charge in [-0.1, -0.05) is 40.9 Å². The number of halogens is 3. The molecule has 0 spiro atoms. The maximum Gasteiger partial charge on any atom is 0.338 e. The van der Waals surface area contributed by atoms with E-state index in [9.17, 15) is 4.79 Å². The lowest BCUT2D eigenvalue weighted by Crippen LogP contribution is -2.06. The van der Waals surface area contributed by atoms with Crippen molar-refractivity contribution in [1.82, 2.24) is 0 Å². The van der Waals surface area contributed by atoms with E-state index in [-0.39, 0.29) is 18.2 Å². The lowest BCUT2D eigenvalue weighted by molar-refractivity contribution is 0.0526. The second kappa shape index (κ2) is 8.47. The Morgan fingerprint density at radius 3 is 2.42 bits per heavy atom.